The molecule has 0 saturated heterocycles. The Bertz CT molecular complexity index is 785. The zero-order valence-electron chi connectivity index (χ0n) is 12.1. The summed E-state index contributed by atoms with van der Waals surface area (Å²) in [7, 11) is 0. The van der Waals surface area contributed by atoms with Gasteiger partial charge in [-0.05, 0) is 25.0 Å². The highest BCUT2D eigenvalue weighted by Gasteiger charge is 2.27. The van der Waals surface area contributed by atoms with Crippen molar-refractivity contribution in [1.29, 1.82) is 0 Å². The van der Waals surface area contributed by atoms with Gasteiger partial charge in [0.1, 0.15) is 23.1 Å². The van der Waals surface area contributed by atoms with Crippen LogP contribution in [-0.4, -0.2) is 24.7 Å². The van der Waals surface area contributed by atoms with E-state index in [-0.39, 0.29) is 11.0 Å². The van der Waals surface area contributed by atoms with Crippen molar-refractivity contribution in [2.24, 2.45) is 0 Å². The lowest BCUT2D eigenvalue weighted by Crippen LogP contribution is -1.98. The van der Waals surface area contributed by atoms with E-state index in [1.807, 2.05) is 6.07 Å². The van der Waals surface area contributed by atoms with E-state index in [2.05, 4.69) is 20.1 Å². The second-order valence-electron chi connectivity index (χ2n) is 5.06. The molecule has 3 heterocycles. The lowest BCUT2D eigenvalue weighted by atomic mass is 10.4. The fourth-order valence-corrected chi connectivity index (χ4v) is 2.05. The second-order valence-corrected chi connectivity index (χ2v) is 5.44. The van der Waals surface area contributed by atoms with Crippen molar-refractivity contribution in [3.8, 4) is 5.69 Å². The van der Waals surface area contributed by atoms with Crippen LogP contribution < -0.4 is 5.73 Å². The summed E-state index contributed by atoms with van der Waals surface area (Å²) in [5.74, 6) is 1.65. The molecule has 118 valence electrons. The van der Waals surface area contributed by atoms with Crippen LogP contribution in [0.1, 0.15) is 24.6 Å². The minimum atomic E-state index is -0.356. The molecule has 2 N–H and O–H groups in total. The molecule has 1 aliphatic carbocycles. The fourth-order valence-electron chi connectivity index (χ4n) is 1.89. The van der Waals surface area contributed by atoms with Gasteiger partial charge in [0, 0.05) is 30.4 Å². The standard InChI is InChI=1S/C10H11N5.C5H3ClFN/c11-9-5-8(3-4-12-9)15-6-13-10(14-15)7-1-2-7;6-5-3-4(7)1-2-8-5/h3-7H,1-2H2,(H2,11,12);1-3H. The van der Waals surface area contributed by atoms with Gasteiger partial charge in [-0.15, -0.1) is 0 Å². The van der Waals surface area contributed by atoms with Gasteiger partial charge in [0.25, 0.3) is 0 Å². The molecule has 1 fully saturated rings. The lowest BCUT2D eigenvalue weighted by Gasteiger charge is -1.99. The average molecular weight is 333 g/mol. The Morgan fingerprint density at radius 1 is 1.13 bits per heavy atom. The summed E-state index contributed by atoms with van der Waals surface area (Å²) in [6.07, 6.45) is 7.13. The first-order valence-electron chi connectivity index (χ1n) is 7.02. The number of nitrogens with zero attached hydrogens (tertiary/aromatic N) is 5. The highest BCUT2D eigenvalue weighted by atomic mass is 35.5. The number of halogens is 2. The SMILES string of the molecule is Fc1ccnc(Cl)c1.Nc1cc(-n2cnc(C3CC3)n2)ccn1. The summed E-state index contributed by atoms with van der Waals surface area (Å²) in [6, 6.07) is 6.04. The largest absolute Gasteiger partial charge is 0.384 e. The van der Waals surface area contributed by atoms with E-state index in [9.17, 15) is 4.39 Å². The minimum absolute atomic E-state index is 0.185. The van der Waals surface area contributed by atoms with Crippen molar-refractivity contribution in [2.75, 3.05) is 5.73 Å². The number of rotatable bonds is 2. The molecule has 3 aromatic heterocycles. The van der Waals surface area contributed by atoms with Crippen LogP contribution in [0.2, 0.25) is 5.15 Å². The third-order valence-electron chi connectivity index (χ3n) is 3.17. The number of nitrogens with two attached hydrogens (primary N) is 1. The molecule has 23 heavy (non-hydrogen) atoms. The topological polar surface area (TPSA) is 82.5 Å². The molecule has 1 saturated carbocycles. The molecular weight excluding hydrogens is 319 g/mol. The predicted octanol–water partition coefficient (Wildman–Crippen LogP) is 3.00. The summed E-state index contributed by atoms with van der Waals surface area (Å²) in [5.41, 5.74) is 6.51. The van der Waals surface area contributed by atoms with Gasteiger partial charge in [0.15, 0.2) is 5.82 Å². The number of aromatic nitrogens is 5. The van der Waals surface area contributed by atoms with E-state index in [1.165, 1.54) is 25.1 Å². The maximum Gasteiger partial charge on any atom is 0.154 e. The van der Waals surface area contributed by atoms with Crippen LogP contribution >= 0.6 is 11.6 Å². The van der Waals surface area contributed by atoms with Gasteiger partial charge in [-0.3, -0.25) is 0 Å². The second kappa shape index (κ2) is 6.70. The molecule has 4 rings (SSSR count). The number of hydrogen-bond acceptors (Lipinski definition) is 5. The van der Waals surface area contributed by atoms with Crippen molar-refractivity contribution in [3.63, 3.8) is 0 Å². The summed E-state index contributed by atoms with van der Waals surface area (Å²) >= 11 is 5.29. The van der Waals surface area contributed by atoms with Crippen LogP contribution in [-0.2, 0) is 0 Å². The van der Waals surface area contributed by atoms with Crippen LogP contribution in [0.15, 0.2) is 43.0 Å². The molecule has 8 heteroatoms. The minimum Gasteiger partial charge on any atom is -0.384 e. The third-order valence-corrected chi connectivity index (χ3v) is 3.38. The van der Waals surface area contributed by atoms with E-state index in [0.29, 0.717) is 11.7 Å². The Kier molecular flexibility index (Phi) is 4.47. The molecule has 0 unspecified atom stereocenters. The molecule has 0 bridgehead atoms. The van der Waals surface area contributed by atoms with Gasteiger partial charge < -0.3 is 5.73 Å². The van der Waals surface area contributed by atoms with Gasteiger partial charge in [0.05, 0.1) is 5.69 Å². The van der Waals surface area contributed by atoms with Gasteiger partial charge in [-0.1, -0.05) is 11.6 Å². The fraction of sp³-hybridized carbons (Fsp3) is 0.200. The van der Waals surface area contributed by atoms with Gasteiger partial charge in [-0.25, -0.2) is 24.0 Å². The quantitative estimate of drug-likeness (QED) is 0.729. The van der Waals surface area contributed by atoms with Crippen molar-refractivity contribution in [1.82, 2.24) is 24.7 Å². The number of hydrogen-bond donors (Lipinski definition) is 1. The summed E-state index contributed by atoms with van der Waals surface area (Å²) in [6.45, 7) is 0. The molecule has 6 nitrogen and oxygen atoms in total. The Hall–Kier alpha value is -2.54. The molecule has 1 aliphatic rings. The lowest BCUT2D eigenvalue weighted by molar-refractivity contribution is 0.625. The number of nitrogen functional groups attached to an aromatic ring is 1. The van der Waals surface area contributed by atoms with Crippen molar-refractivity contribution in [2.45, 2.75) is 18.8 Å². The first kappa shape index (κ1) is 15.4. The van der Waals surface area contributed by atoms with Crippen molar-refractivity contribution >= 4 is 17.4 Å². The molecule has 0 aliphatic heterocycles. The van der Waals surface area contributed by atoms with E-state index in [1.54, 1.807) is 23.3 Å². The van der Waals surface area contributed by atoms with Crippen LogP contribution in [0.25, 0.3) is 5.69 Å². The van der Waals surface area contributed by atoms with E-state index >= 15 is 0 Å². The van der Waals surface area contributed by atoms with Crippen molar-refractivity contribution < 1.29 is 4.39 Å². The highest BCUT2D eigenvalue weighted by molar-refractivity contribution is 6.29. The smallest absolute Gasteiger partial charge is 0.154 e. The Morgan fingerprint density at radius 3 is 2.52 bits per heavy atom. The zero-order chi connectivity index (χ0) is 16.2. The molecule has 0 spiro atoms. The van der Waals surface area contributed by atoms with Crippen LogP contribution in [0.5, 0.6) is 0 Å². The molecule has 0 atom stereocenters. The van der Waals surface area contributed by atoms with E-state index in [4.69, 9.17) is 17.3 Å². The summed E-state index contributed by atoms with van der Waals surface area (Å²) in [4.78, 5) is 11.8. The van der Waals surface area contributed by atoms with E-state index in [0.717, 1.165) is 17.6 Å². The Labute approximate surface area is 137 Å². The zero-order valence-corrected chi connectivity index (χ0v) is 12.9. The molecular formula is C15H14ClFN6. The van der Waals surface area contributed by atoms with Crippen LogP contribution in [0.4, 0.5) is 10.2 Å². The average Bonchev–Trinajstić information content (AvgIpc) is 3.25. The Morgan fingerprint density at radius 2 is 1.91 bits per heavy atom. The maximum atomic E-state index is 12.0. The van der Waals surface area contributed by atoms with Crippen LogP contribution in [0.3, 0.4) is 0 Å². The van der Waals surface area contributed by atoms with Gasteiger partial charge >= 0.3 is 0 Å². The summed E-state index contributed by atoms with van der Waals surface area (Å²) in [5, 5.41) is 4.59. The number of anilines is 1. The normalized spacial score (nSPS) is 13.3. The Balaban J connectivity index is 0.000000166. The molecule has 0 amide bonds. The molecule has 3 aromatic rings. The third kappa shape index (κ3) is 4.23. The van der Waals surface area contributed by atoms with E-state index < -0.39 is 0 Å². The number of pyridine rings is 2. The van der Waals surface area contributed by atoms with Gasteiger partial charge in [-0.2, -0.15) is 5.10 Å². The predicted molar refractivity (Wildman–Crippen MR) is 84.7 cm³/mol. The first-order chi connectivity index (χ1) is 11.1. The first-order valence-corrected chi connectivity index (χ1v) is 7.40. The maximum absolute atomic E-state index is 12.0. The molecule has 0 aromatic carbocycles. The highest BCUT2D eigenvalue weighted by Crippen LogP contribution is 2.37. The summed E-state index contributed by atoms with van der Waals surface area (Å²) < 4.78 is 13.8. The van der Waals surface area contributed by atoms with Gasteiger partial charge in [0.2, 0.25) is 0 Å². The van der Waals surface area contributed by atoms with Crippen molar-refractivity contribution in [3.05, 3.63) is 59.8 Å². The molecule has 0 radical (unpaired) electrons. The van der Waals surface area contributed by atoms with Crippen LogP contribution in [0, 0.1) is 5.82 Å². The monoisotopic (exact) mass is 332 g/mol.